The molecule has 1 rings (SSSR count). The molecular formula is C16H27NO2. The van der Waals surface area contributed by atoms with Gasteiger partial charge in [0.15, 0.2) is 0 Å². The highest BCUT2D eigenvalue weighted by Crippen LogP contribution is 2.20. The highest BCUT2D eigenvalue weighted by molar-refractivity contribution is 5.29. The Morgan fingerprint density at radius 1 is 1.11 bits per heavy atom. The Balaban J connectivity index is 2.55. The molecule has 0 aliphatic heterocycles. The summed E-state index contributed by atoms with van der Waals surface area (Å²) in [4.78, 5) is 0. The van der Waals surface area contributed by atoms with Crippen LogP contribution in [0.1, 0.15) is 45.7 Å². The SMILES string of the molecule is CCNC(CC)c1ccc(OC(C)COCC)cc1. The lowest BCUT2D eigenvalue weighted by molar-refractivity contribution is 0.0657. The van der Waals surface area contributed by atoms with Crippen LogP contribution in [-0.2, 0) is 4.74 Å². The second-order valence-corrected chi connectivity index (χ2v) is 4.68. The summed E-state index contributed by atoms with van der Waals surface area (Å²) in [6, 6.07) is 8.79. The molecule has 0 heterocycles. The summed E-state index contributed by atoms with van der Waals surface area (Å²) >= 11 is 0. The largest absolute Gasteiger partial charge is 0.488 e. The van der Waals surface area contributed by atoms with E-state index in [2.05, 4.69) is 31.3 Å². The normalized spacial score (nSPS) is 14.1. The molecule has 0 radical (unpaired) electrons. The third-order valence-electron chi connectivity index (χ3n) is 3.04. The fourth-order valence-electron chi connectivity index (χ4n) is 2.07. The molecule has 0 aromatic heterocycles. The average molecular weight is 265 g/mol. The number of ether oxygens (including phenoxy) is 2. The summed E-state index contributed by atoms with van der Waals surface area (Å²) in [5, 5.41) is 3.48. The van der Waals surface area contributed by atoms with Crippen molar-refractivity contribution in [3.63, 3.8) is 0 Å². The number of nitrogens with one attached hydrogen (secondary N) is 1. The third kappa shape index (κ3) is 5.62. The van der Waals surface area contributed by atoms with Crippen LogP contribution in [0.15, 0.2) is 24.3 Å². The van der Waals surface area contributed by atoms with Crippen molar-refractivity contribution in [2.24, 2.45) is 0 Å². The van der Waals surface area contributed by atoms with Gasteiger partial charge in [-0.1, -0.05) is 26.0 Å². The van der Waals surface area contributed by atoms with Crippen LogP contribution in [0.2, 0.25) is 0 Å². The summed E-state index contributed by atoms with van der Waals surface area (Å²) in [5.41, 5.74) is 1.31. The van der Waals surface area contributed by atoms with Crippen LogP contribution in [0.25, 0.3) is 0 Å². The Hall–Kier alpha value is -1.06. The molecule has 3 nitrogen and oxygen atoms in total. The Bertz CT molecular complexity index is 337. The van der Waals surface area contributed by atoms with Crippen molar-refractivity contribution in [3.05, 3.63) is 29.8 Å². The summed E-state index contributed by atoms with van der Waals surface area (Å²) in [7, 11) is 0. The minimum atomic E-state index is 0.0848. The second-order valence-electron chi connectivity index (χ2n) is 4.68. The van der Waals surface area contributed by atoms with E-state index in [1.54, 1.807) is 0 Å². The van der Waals surface area contributed by atoms with Crippen molar-refractivity contribution in [1.82, 2.24) is 5.32 Å². The zero-order valence-electron chi connectivity index (χ0n) is 12.6. The van der Waals surface area contributed by atoms with E-state index < -0.39 is 0 Å². The van der Waals surface area contributed by atoms with Crippen LogP contribution < -0.4 is 10.1 Å². The van der Waals surface area contributed by atoms with E-state index >= 15 is 0 Å². The standard InChI is InChI=1S/C16H27NO2/c1-5-16(17-6-2)14-8-10-15(11-9-14)19-13(4)12-18-7-3/h8-11,13,16-17H,5-7,12H2,1-4H3. The van der Waals surface area contributed by atoms with Crippen LogP contribution in [0.4, 0.5) is 0 Å². The number of rotatable bonds is 9. The highest BCUT2D eigenvalue weighted by atomic mass is 16.5. The molecule has 1 aromatic rings. The molecule has 0 saturated heterocycles. The fourth-order valence-corrected chi connectivity index (χ4v) is 2.07. The summed E-state index contributed by atoms with van der Waals surface area (Å²) < 4.78 is 11.1. The molecule has 2 unspecified atom stereocenters. The maximum absolute atomic E-state index is 5.80. The topological polar surface area (TPSA) is 30.5 Å². The Morgan fingerprint density at radius 2 is 1.79 bits per heavy atom. The van der Waals surface area contributed by atoms with Gasteiger partial charge in [-0.2, -0.15) is 0 Å². The lowest BCUT2D eigenvalue weighted by Gasteiger charge is -2.18. The fraction of sp³-hybridized carbons (Fsp3) is 0.625. The maximum Gasteiger partial charge on any atom is 0.119 e. The van der Waals surface area contributed by atoms with Gasteiger partial charge >= 0.3 is 0 Å². The van der Waals surface area contributed by atoms with E-state index in [0.717, 1.165) is 25.3 Å². The van der Waals surface area contributed by atoms with Gasteiger partial charge in [-0.3, -0.25) is 0 Å². The van der Waals surface area contributed by atoms with Crippen LogP contribution in [0.5, 0.6) is 5.75 Å². The Kier molecular flexibility index (Phi) is 7.53. The molecule has 19 heavy (non-hydrogen) atoms. The van der Waals surface area contributed by atoms with E-state index in [-0.39, 0.29) is 6.10 Å². The van der Waals surface area contributed by atoms with Crippen molar-refractivity contribution in [2.45, 2.75) is 46.3 Å². The first-order valence-electron chi connectivity index (χ1n) is 7.28. The first kappa shape index (κ1) is 16.0. The molecule has 108 valence electrons. The molecule has 3 heteroatoms. The molecule has 0 aliphatic carbocycles. The lowest BCUT2D eigenvalue weighted by atomic mass is 10.0. The number of hydrogen-bond donors (Lipinski definition) is 1. The first-order valence-corrected chi connectivity index (χ1v) is 7.28. The van der Waals surface area contributed by atoms with Crippen LogP contribution >= 0.6 is 0 Å². The van der Waals surface area contributed by atoms with Gasteiger partial charge in [-0.15, -0.1) is 0 Å². The van der Waals surface area contributed by atoms with Gasteiger partial charge in [0.25, 0.3) is 0 Å². The molecular weight excluding hydrogens is 238 g/mol. The summed E-state index contributed by atoms with van der Waals surface area (Å²) in [5.74, 6) is 0.905. The zero-order valence-corrected chi connectivity index (χ0v) is 12.6. The molecule has 0 spiro atoms. The van der Waals surface area contributed by atoms with E-state index in [0.29, 0.717) is 12.6 Å². The minimum absolute atomic E-state index is 0.0848. The molecule has 1 N–H and O–H groups in total. The molecule has 2 atom stereocenters. The van der Waals surface area contributed by atoms with Crippen molar-refractivity contribution in [2.75, 3.05) is 19.8 Å². The molecule has 0 bridgehead atoms. The Morgan fingerprint density at radius 3 is 2.32 bits per heavy atom. The van der Waals surface area contributed by atoms with Gasteiger partial charge in [-0.25, -0.2) is 0 Å². The van der Waals surface area contributed by atoms with Crippen molar-refractivity contribution >= 4 is 0 Å². The number of hydrogen-bond acceptors (Lipinski definition) is 3. The van der Waals surface area contributed by atoms with E-state index in [9.17, 15) is 0 Å². The van der Waals surface area contributed by atoms with Crippen molar-refractivity contribution in [3.8, 4) is 5.75 Å². The molecule has 0 amide bonds. The quantitative estimate of drug-likeness (QED) is 0.740. The molecule has 0 aliphatic rings. The average Bonchev–Trinajstić information content (AvgIpc) is 2.43. The first-order chi connectivity index (χ1) is 9.21. The van der Waals surface area contributed by atoms with Gasteiger partial charge < -0.3 is 14.8 Å². The summed E-state index contributed by atoms with van der Waals surface area (Å²) in [6.07, 6.45) is 1.18. The maximum atomic E-state index is 5.80. The van der Waals surface area contributed by atoms with Crippen molar-refractivity contribution in [1.29, 1.82) is 0 Å². The van der Waals surface area contributed by atoms with E-state index in [1.807, 2.05) is 26.0 Å². The molecule has 0 fully saturated rings. The summed E-state index contributed by atoms with van der Waals surface area (Å²) in [6.45, 7) is 10.7. The zero-order chi connectivity index (χ0) is 14.1. The molecule has 0 saturated carbocycles. The third-order valence-corrected chi connectivity index (χ3v) is 3.04. The second kappa shape index (κ2) is 8.94. The van der Waals surface area contributed by atoms with Crippen LogP contribution in [0.3, 0.4) is 0 Å². The van der Waals surface area contributed by atoms with E-state index in [1.165, 1.54) is 5.56 Å². The highest BCUT2D eigenvalue weighted by Gasteiger charge is 2.08. The van der Waals surface area contributed by atoms with Gasteiger partial charge in [-0.05, 0) is 44.5 Å². The predicted molar refractivity (Wildman–Crippen MR) is 79.7 cm³/mol. The van der Waals surface area contributed by atoms with Crippen LogP contribution in [0, 0.1) is 0 Å². The molecule has 1 aromatic carbocycles. The van der Waals surface area contributed by atoms with E-state index in [4.69, 9.17) is 9.47 Å². The monoisotopic (exact) mass is 265 g/mol. The van der Waals surface area contributed by atoms with Gasteiger partial charge in [0.1, 0.15) is 11.9 Å². The van der Waals surface area contributed by atoms with Gasteiger partial charge in [0, 0.05) is 12.6 Å². The van der Waals surface area contributed by atoms with Crippen LogP contribution in [-0.4, -0.2) is 25.9 Å². The minimum Gasteiger partial charge on any atom is -0.488 e. The predicted octanol–water partition coefficient (Wildman–Crippen LogP) is 3.55. The lowest BCUT2D eigenvalue weighted by Crippen LogP contribution is -2.20. The van der Waals surface area contributed by atoms with Gasteiger partial charge in [0.2, 0.25) is 0 Å². The van der Waals surface area contributed by atoms with Gasteiger partial charge in [0.05, 0.1) is 6.61 Å². The number of benzene rings is 1. The smallest absolute Gasteiger partial charge is 0.119 e. The Labute approximate surface area is 117 Å². The van der Waals surface area contributed by atoms with Crippen molar-refractivity contribution < 1.29 is 9.47 Å².